The molecule has 0 bridgehead atoms. The van der Waals surface area contributed by atoms with E-state index in [0.29, 0.717) is 23.4 Å². The zero-order valence-corrected chi connectivity index (χ0v) is 22.3. The van der Waals surface area contributed by atoms with Gasteiger partial charge in [0.15, 0.2) is 16.7 Å². The summed E-state index contributed by atoms with van der Waals surface area (Å²) in [5.41, 5.74) is 13.8. The van der Waals surface area contributed by atoms with Gasteiger partial charge in [-0.2, -0.15) is 0 Å². The molecule has 1 aliphatic rings. The van der Waals surface area contributed by atoms with Crippen LogP contribution in [0.5, 0.6) is 11.5 Å². The first kappa shape index (κ1) is 25.5. The van der Waals surface area contributed by atoms with Gasteiger partial charge in [-0.15, -0.1) is 11.3 Å². The molecule has 1 fully saturated rings. The Kier molecular flexibility index (Phi) is 8.69. The number of nitrogens with two attached hydrogens (primary N) is 2. The van der Waals surface area contributed by atoms with Crippen LogP contribution in [0.15, 0.2) is 29.4 Å². The highest BCUT2D eigenvalue weighted by molar-refractivity contribution is 7.99. The van der Waals surface area contributed by atoms with E-state index in [1.807, 2.05) is 18.2 Å². The summed E-state index contributed by atoms with van der Waals surface area (Å²) in [7, 11) is 1.67. The van der Waals surface area contributed by atoms with Gasteiger partial charge in [-0.1, -0.05) is 25.1 Å². The van der Waals surface area contributed by atoms with Crippen LogP contribution in [0.1, 0.15) is 48.9 Å². The van der Waals surface area contributed by atoms with Crippen molar-refractivity contribution in [3.8, 4) is 22.1 Å². The van der Waals surface area contributed by atoms with Gasteiger partial charge in [0.1, 0.15) is 23.3 Å². The molecular formula is C25H34N6O2S2. The van der Waals surface area contributed by atoms with Gasteiger partial charge < -0.3 is 20.9 Å². The zero-order chi connectivity index (χ0) is 24.8. The molecule has 0 amide bonds. The minimum atomic E-state index is 0.0529. The summed E-state index contributed by atoms with van der Waals surface area (Å²) in [4.78, 5) is 17.4. The van der Waals surface area contributed by atoms with Gasteiger partial charge in [-0.05, 0) is 57.5 Å². The van der Waals surface area contributed by atoms with Gasteiger partial charge in [0.05, 0.1) is 18.1 Å². The van der Waals surface area contributed by atoms with Crippen LogP contribution in [0.2, 0.25) is 0 Å². The highest BCUT2D eigenvalue weighted by Gasteiger charge is 2.21. The van der Waals surface area contributed by atoms with Crippen LogP contribution in [0.3, 0.4) is 0 Å². The Hall–Kier alpha value is -2.56. The van der Waals surface area contributed by atoms with Gasteiger partial charge in [-0.3, -0.25) is 4.90 Å². The fourth-order valence-corrected chi connectivity index (χ4v) is 6.42. The molecular weight excluding hydrogens is 480 g/mol. The van der Waals surface area contributed by atoms with Crippen molar-refractivity contribution in [2.24, 2.45) is 0 Å². The van der Waals surface area contributed by atoms with Crippen molar-refractivity contribution in [2.75, 3.05) is 44.8 Å². The van der Waals surface area contributed by atoms with Gasteiger partial charge in [0.25, 0.3) is 0 Å². The van der Waals surface area contributed by atoms with Crippen LogP contribution in [0, 0.1) is 0 Å². The fraction of sp³-hybridized carbons (Fsp3) is 0.480. The predicted molar refractivity (Wildman–Crippen MR) is 144 cm³/mol. The van der Waals surface area contributed by atoms with Crippen LogP contribution in [0.4, 0.5) is 11.6 Å². The van der Waals surface area contributed by atoms with E-state index in [9.17, 15) is 0 Å². The number of thiazole rings is 1. The lowest BCUT2D eigenvalue weighted by atomic mass is 10.2. The number of hydrogen-bond acceptors (Lipinski definition) is 10. The molecule has 4 N–H and O–H groups in total. The standard InChI is InChI=1S/C25H34N6O2S2/c1-4-7-20-23(16(2)34-25-28-21(26)15-22(27)29-25)30-24(35-20)17-8-9-18(32-3)19(14-17)33-13-12-31-10-5-6-11-31/h8-9,14-16H,4-7,10-13H2,1-3H3,(H4,26,27,28,29). The predicted octanol–water partition coefficient (Wildman–Crippen LogP) is 5.05. The molecule has 10 heteroatoms. The lowest BCUT2D eigenvalue weighted by Gasteiger charge is -2.16. The number of rotatable bonds is 11. The molecule has 3 heterocycles. The smallest absolute Gasteiger partial charge is 0.192 e. The van der Waals surface area contributed by atoms with Crippen molar-refractivity contribution >= 4 is 34.7 Å². The van der Waals surface area contributed by atoms with E-state index in [1.165, 1.54) is 29.5 Å². The first-order chi connectivity index (χ1) is 17.0. The molecule has 2 aromatic heterocycles. The average Bonchev–Trinajstić information content (AvgIpc) is 3.49. The summed E-state index contributed by atoms with van der Waals surface area (Å²) in [6, 6.07) is 7.61. The van der Waals surface area contributed by atoms with Crippen molar-refractivity contribution in [3.63, 3.8) is 0 Å². The monoisotopic (exact) mass is 514 g/mol. The highest BCUT2D eigenvalue weighted by atomic mass is 32.2. The van der Waals surface area contributed by atoms with E-state index in [-0.39, 0.29) is 5.25 Å². The molecule has 188 valence electrons. The summed E-state index contributed by atoms with van der Waals surface area (Å²) in [6.07, 6.45) is 4.56. The number of thioether (sulfide) groups is 1. The molecule has 1 aliphatic heterocycles. The molecule has 0 radical (unpaired) electrons. The van der Waals surface area contributed by atoms with E-state index < -0.39 is 0 Å². The van der Waals surface area contributed by atoms with E-state index in [4.69, 9.17) is 25.9 Å². The zero-order valence-electron chi connectivity index (χ0n) is 20.6. The highest BCUT2D eigenvalue weighted by Crippen LogP contribution is 2.41. The summed E-state index contributed by atoms with van der Waals surface area (Å²) in [5.74, 6) is 2.23. The van der Waals surface area contributed by atoms with Crippen molar-refractivity contribution in [1.29, 1.82) is 0 Å². The molecule has 0 aliphatic carbocycles. The fourth-order valence-electron chi connectivity index (χ4n) is 4.15. The maximum atomic E-state index is 6.15. The lowest BCUT2D eigenvalue weighted by Crippen LogP contribution is -2.25. The summed E-state index contributed by atoms with van der Waals surface area (Å²) < 4.78 is 11.7. The Morgan fingerprint density at radius 2 is 1.83 bits per heavy atom. The largest absolute Gasteiger partial charge is 0.493 e. The Balaban J connectivity index is 1.55. The molecule has 1 saturated heterocycles. The maximum absolute atomic E-state index is 6.15. The number of likely N-dealkylation sites (tertiary alicyclic amines) is 1. The number of hydrogen-bond donors (Lipinski definition) is 2. The van der Waals surface area contributed by atoms with Crippen molar-refractivity contribution < 1.29 is 9.47 Å². The molecule has 35 heavy (non-hydrogen) atoms. The first-order valence-electron chi connectivity index (χ1n) is 12.1. The SMILES string of the molecule is CCCc1sc(-c2ccc(OC)c(OCCN3CCCC3)c2)nc1C(C)Sc1nc(N)cc(N)n1. The lowest BCUT2D eigenvalue weighted by molar-refractivity contribution is 0.230. The number of benzene rings is 1. The number of aromatic nitrogens is 3. The summed E-state index contributed by atoms with van der Waals surface area (Å²) in [6.45, 7) is 8.19. The van der Waals surface area contributed by atoms with Gasteiger partial charge in [-0.25, -0.2) is 15.0 Å². The molecule has 0 saturated carbocycles. The second-order valence-corrected chi connectivity index (χ2v) is 11.0. The van der Waals surface area contributed by atoms with E-state index in [0.717, 1.165) is 60.2 Å². The third kappa shape index (κ3) is 6.56. The molecule has 3 aromatic rings. The van der Waals surface area contributed by atoms with Crippen LogP contribution >= 0.6 is 23.1 Å². The van der Waals surface area contributed by atoms with E-state index >= 15 is 0 Å². The molecule has 1 unspecified atom stereocenters. The first-order valence-corrected chi connectivity index (χ1v) is 13.8. The van der Waals surface area contributed by atoms with Gasteiger partial charge in [0, 0.05) is 23.1 Å². The quantitative estimate of drug-likeness (QED) is 0.268. The topological polar surface area (TPSA) is 112 Å². The second kappa shape index (κ2) is 11.9. The number of aryl methyl sites for hydroxylation is 1. The average molecular weight is 515 g/mol. The number of anilines is 2. The molecule has 1 atom stereocenters. The maximum Gasteiger partial charge on any atom is 0.192 e. The molecule has 0 spiro atoms. The van der Waals surface area contributed by atoms with Crippen molar-refractivity contribution in [2.45, 2.75) is 49.9 Å². The number of ether oxygens (including phenoxy) is 2. The van der Waals surface area contributed by atoms with Crippen molar-refractivity contribution in [1.82, 2.24) is 19.9 Å². The Morgan fingerprint density at radius 3 is 2.51 bits per heavy atom. The second-order valence-electron chi connectivity index (χ2n) is 8.60. The Bertz CT molecular complexity index is 1110. The number of nitrogen functional groups attached to an aromatic ring is 2. The minimum Gasteiger partial charge on any atom is -0.493 e. The van der Waals surface area contributed by atoms with Crippen LogP contribution in [0.25, 0.3) is 10.6 Å². The Morgan fingerprint density at radius 1 is 1.09 bits per heavy atom. The molecule has 8 nitrogen and oxygen atoms in total. The minimum absolute atomic E-state index is 0.0529. The van der Waals surface area contributed by atoms with Crippen LogP contribution < -0.4 is 20.9 Å². The third-order valence-electron chi connectivity index (χ3n) is 5.89. The van der Waals surface area contributed by atoms with Gasteiger partial charge >= 0.3 is 0 Å². The molecule has 4 rings (SSSR count). The number of methoxy groups -OCH3 is 1. The van der Waals surface area contributed by atoms with Crippen LogP contribution in [-0.2, 0) is 6.42 Å². The van der Waals surface area contributed by atoms with Gasteiger partial charge in [0.2, 0.25) is 0 Å². The molecule has 1 aromatic carbocycles. The third-order valence-corrected chi connectivity index (χ3v) is 8.04. The van der Waals surface area contributed by atoms with Crippen molar-refractivity contribution in [3.05, 3.63) is 34.8 Å². The van der Waals surface area contributed by atoms with E-state index in [1.54, 1.807) is 24.5 Å². The Labute approximate surface area is 215 Å². The summed E-state index contributed by atoms with van der Waals surface area (Å²) >= 11 is 3.25. The van der Waals surface area contributed by atoms with Crippen LogP contribution in [-0.4, -0.2) is 53.2 Å². The number of nitrogens with zero attached hydrogens (tertiary/aromatic N) is 4. The normalized spacial score (nSPS) is 14.8. The van der Waals surface area contributed by atoms with E-state index in [2.05, 4.69) is 28.7 Å². The summed E-state index contributed by atoms with van der Waals surface area (Å²) in [5, 5.41) is 1.58.